The lowest BCUT2D eigenvalue weighted by Crippen LogP contribution is -2.36. The summed E-state index contributed by atoms with van der Waals surface area (Å²) in [5.41, 5.74) is 2.67. The summed E-state index contributed by atoms with van der Waals surface area (Å²) in [7, 11) is 0. The SMILES string of the molecule is Cc1cnc2c(cnn2CC(=O)N(CCCN2CCCC2)c2ccc(Cl)cc2)c1. The van der Waals surface area contributed by atoms with Gasteiger partial charge in [-0.15, -0.1) is 0 Å². The number of rotatable bonds is 7. The van der Waals surface area contributed by atoms with Crippen molar-refractivity contribution >= 4 is 34.2 Å². The molecule has 0 N–H and O–H groups in total. The van der Waals surface area contributed by atoms with Crippen molar-refractivity contribution in [3.05, 3.63) is 53.3 Å². The predicted octanol–water partition coefficient (Wildman–Crippen LogP) is 3.91. The summed E-state index contributed by atoms with van der Waals surface area (Å²) >= 11 is 6.05. The number of carbonyl (C=O) groups excluding carboxylic acids is 1. The molecule has 0 bridgehead atoms. The average molecular weight is 412 g/mol. The number of amides is 1. The van der Waals surface area contributed by atoms with Crippen LogP contribution in [0.1, 0.15) is 24.8 Å². The molecule has 1 saturated heterocycles. The Bertz CT molecular complexity index is 979. The first-order chi connectivity index (χ1) is 14.1. The molecule has 29 heavy (non-hydrogen) atoms. The van der Waals surface area contributed by atoms with Crippen molar-refractivity contribution in [1.82, 2.24) is 19.7 Å². The van der Waals surface area contributed by atoms with E-state index in [1.165, 1.54) is 25.9 Å². The first-order valence-electron chi connectivity index (χ1n) is 10.2. The second-order valence-corrected chi connectivity index (χ2v) is 8.09. The smallest absolute Gasteiger partial charge is 0.248 e. The van der Waals surface area contributed by atoms with Crippen LogP contribution in [0.5, 0.6) is 0 Å². The third-order valence-corrected chi connectivity index (χ3v) is 5.64. The molecule has 1 amide bonds. The average Bonchev–Trinajstić information content (AvgIpc) is 3.36. The Morgan fingerprint density at radius 2 is 1.93 bits per heavy atom. The molecule has 3 heterocycles. The number of pyridine rings is 1. The van der Waals surface area contributed by atoms with Gasteiger partial charge in [0.2, 0.25) is 5.91 Å². The van der Waals surface area contributed by atoms with Crippen LogP contribution in [-0.4, -0.2) is 51.8 Å². The van der Waals surface area contributed by atoms with Crippen molar-refractivity contribution in [2.45, 2.75) is 32.7 Å². The molecule has 0 radical (unpaired) electrons. The molecule has 0 atom stereocenters. The quantitative estimate of drug-likeness (QED) is 0.591. The lowest BCUT2D eigenvalue weighted by Gasteiger charge is -2.24. The van der Waals surface area contributed by atoms with E-state index in [-0.39, 0.29) is 12.5 Å². The first kappa shape index (κ1) is 19.9. The van der Waals surface area contributed by atoms with E-state index in [0.29, 0.717) is 11.6 Å². The number of aryl methyl sites for hydroxylation is 1. The molecule has 1 fully saturated rings. The molecule has 7 heteroatoms. The summed E-state index contributed by atoms with van der Waals surface area (Å²) in [4.78, 5) is 22.0. The van der Waals surface area contributed by atoms with Crippen molar-refractivity contribution in [3.63, 3.8) is 0 Å². The van der Waals surface area contributed by atoms with Gasteiger partial charge in [-0.25, -0.2) is 9.67 Å². The van der Waals surface area contributed by atoms with Crippen LogP contribution in [0, 0.1) is 6.92 Å². The molecule has 0 saturated carbocycles. The van der Waals surface area contributed by atoms with Gasteiger partial charge in [-0.1, -0.05) is 11.6 Å². The minimum absolute atomic E-state index is 0.00104. The summed E-state index contributed by atoms with van der Waals surface area (Å²) in [5.74, 6) is 0.00104. The molecule has 1 aromatic carbocycles. The maximum Gasteiger partial charge on any atom is 0.248 e. The number of hydrogen-bond acceptors (Lipinski definition) is 4. The zero-order valence-electron chi connectivity index (χ0n) is 16.7. The van der Waals surface area contributed by atoms with Gasteiger partial charge < -0.3 is 9.80 Å². The highest BCUT2D eigenvalue weighted by molar-refractivity contribution is 6.30. The molecule has 4 rings (SSSR count). The van der Waals surface area contributed by atoms with Crippen molar-refractivity contribution in [3.8, 4) is 0 Å². The Morgan fingerprint density at radius 3 is 2.69 bits per heavy atom. The van der Waals surface area contributed by atoms with E-state index in [1.54, 1.807) is 17.1 Å². The minimum atomic E-state index is 0.00104. The Kier molecular flexibility index (Phi) is 6.11. The zero-order valence-corrected chi connectivity index (χ0v) is 17.5. The lowest BCUT2D eigenvalue weighted by atomic mass is 10.2. The van der Waals surface area contributed by atoms with Gasteiger partial charge in [0, 0.05) is 28.8 Å². The van der Waals surface area contributed by atoms with E-state index >= 15 is 0 Å². The van der Waals surface area contributed by atoms with Gasteiger partial charge in [0.25, 0.3) is 0 Å². The lowest BCUT2D eigenvalue weighted by molar-refractivity contribution is -0.119. The second-order valence-electron chi connectivity index (χ2n) is 7.65. The standard InChI is InChI=1S/C22H26ClN5O/c1-17-13-18-15-25-28(22(18)24-14-17)16-21(29)27(20-7-5-19(23)6-8-20)12-4-11-26-9-2-3-10-26/h5-8,13-15H,2-4,9-12,16H2,1H3. The van der Waals surface area contributed by atoms with Crippen LogP contribution in [0.15, 0.2) is 42.7 Å². The number of fused-ring (bicyclic) bond motifs is 1. The van der Waals surface area contributed by atoms with Crippen LogP contribution in [0.2, 0.25) is 5.02 Å². The number of hydrogen-bond donors (Lipinski definition) is 0. The summed E-state index contributed by atoms with van der Waals surface area (Å²) < 4.78 is 1.68. The van der Waals surface area contributed by atoms with E-state index in [2.05, 4.69) is 15.0 Å². The molecule has 6 nitrogen and oxygen atoms in total. The molecular weight excluding hydrogens is 386 g/mol. The number of anilines is 1. The van der Waals surface area contributed by atoms with Crippen LogP contribution in [-0.2, 0) is 11.3 Å². The third-order valence-electron chi connectivity index (χ3n) is 5.39. The highest BCUT2D eigenvalue weighted by Crippen LogP contribution is 2.20. The highest BCUT2D eigenvalue weighted by Gasteiger charge is 2.19. The Labute approximate surface area is 176 Å². The molecule has 1 aliphatic rings. The number of likely N-dealkylation sites (tertiary alicyclic amines) is 1. The third kappa shape index (κ3) is 4.77. The first-order valence-corrected chi connectivity index (χ1v) is 10.5. The molecule has 0 spiro atoms. The fourth-order valence-electron chi connectivity index (χ4n) is 3.89. The van der Waals surface area contributed by atoms with Crippen LogP contribution >= 0.6 is 11.6 Å². The summed E-state index contributed by atoms with van der Waals surface area (Å²) in [5, 5.41) is 6.00. The van der Waals surface area contributed by atoms with Crippen LogP contribution < -0.4 is 4.90 Å². The van der Waals surface area contributed by atoms with E-state index in [0.717, 1.165) is 35.2 Å². The molecule has 2 aromatic heterocycles. The van der Waals surface area contributed by atoms with Crippen molar-refractivity contribution in [2.24, 2.45) is 0 Å². The van der Waals surface area contributed by atoms with E-state index in [4.69, 9.17) is 11.6 Å². The van der Waals surface area contributed by atoms with Crippen molar-refractivity contribution < 1.29 is 4.79 Å². The van der Waals surface area contributed by atoms with Crippen LogP contribution in [0.25, 0.3) is 11.0 Å². The second kappa shape index (κ2) is 8.93. The Hall–Kier alpha value is -2.44. The minimum Gasteiger partial charge on any atom is -0.311 e. The van der Waals surface area contributed by atoms with E-state index < -0.39 is 0 Å². The maximum absolute atomic E-state index is 13.2. The topological polar surface area (TPSA) is 54.3 Å². The number of halogens is 1. The van der Waals surface area contributed by atoms with E-state index in [9.17, 15) is 4.79 Å². The predicted molar refractivity (Wildman–Crippen MR) is 116 cm³/mol. The van der Waals surface area contributed by atoms with Gasteiger partial charge in [0.1, 0.15) is 6.54 Å². The maximum atomic E-state index is 13.2. The summed E-state index contributed by atoms with van der Waals surface area (Å²) in [6, 6.07) is 9.48. The van der Waals surface area contributed by atoms with Gasteiger partial charge >= 0.3 is 0 Å². The molecular formula is C22H26ClN5O. The van der Waals surface area contributed by atoms with Crippen molar-refractivity contribution in [1.29, 1.82) is 0 Å². The molecule has 152 valence electrons. The zero-order chi connectivity index (χ0) is 20.2. The summed E-state index contributed by atoms with van der Waals surface area (Å²) in [6.07, 6.45) is 7.06. The highest BCUT2D eigenvalue weighted by atomic mass is 35.5. The van der Waals surface area contributed by atoms with Gasteiger partial charge in [-0.05, 0) is 81.7 Å². The monoisotopic (exact) mass is 411 g/mol. The molecule has 0 unspecified atom stereocenters. The Balaban J connectivity index is 1.50. The van der Waals surface area contributed by atoms with Gasteiger partial charge in [-0.3, -0.25) is 4.79 Å². The number of benzene rings is 1. The Morgan fingerprint density at radius 1 is 1.17 bits per heavy atom. The fourth-order valence-corrected chi connectivity index (χ4v) is 4.01. The largest absolute Gasteiger partial charge is 0.311 e. The summed E-state index contributed by atoms with van der Waals surface area (Å²) in [6.45, 7) is 6.17. The molecule has 3 aromatic rings. The van der Waals surface area contributed by atoms with Crippen LogP contribution in [0.3, 0.4) is 0 Å². The fraction of sp³-hybridized carbons (Fsp3) is 0.409. The normalized spacial score (nSPS) is 14.6. The number of nitrogens with zero attached hydrogens (tertiary/aromatic N) is 5. The molecule has 1 aliphatic heterocycles. The van der Waals surface area contributed by atoms with Gasteiger partial charge in [-0.2, -0.15) is 5.10 Å². The van der Waals surface area contributed by atoms with Crippen molar-refractivity contribution in [2.75, 3.05) is 31.1 Å². The number of aromatic nitrogens is 3. The van der Waals surface area contributed by atoms with E-state index in [1.807, 2.05) is 42.2 Å². The molecule has 0 aliphatic carbocycles. The van der Waals surface area contributed by atoms with Gasteiger partial charge in [0.15, 0.2) is 5.65 Å². The van der Waals surface area contributed by atoms with Gasteiger partial charge in [0.05, 0.1) is 6.20 Å². The van der Waals surface area contributed by atoms with Crippen LogP contribution in [0.4, 0.5) is 5.69 Å². The number of carbonyl (C=O) groups is 1.